The summed E-state index contributed by atoms with van der Waals surface area (Å²) in [4.78, 5) is 15.8. The molecule has 3 heterocycles. The van der Waals surface area contributed by atoms with Crippen molar-refractivity contribution in [1.29, 1.82) is 0 Å². The van der Waals surface area contributed by atoms with Gasteiger partial charge in [0.2, 0.25) is 0 Å². The number of aliphatic hydroxyl groups is 1. The van der Waals surface area contributed by atoms with Crippen LogP contribution in [0.1, 0.15) is 34.6 Å². The van der Waals surface area contributed by atoms with E-state index in [1.807, 2.05) is 6.07 Å². The molecule has 1 saturated heterocycles. The molecular weight excluding hydrogens is 232 g/mol. The van der Waals surface area contributed by atoms with Crippen molar-refractivity contribution in [2.24, 2.45) is 0 Å². The zero-order chi connectivity index (χ0) is 12.5. The molecule has 5 nitrogen and oxygen atoms in total. The Hall–Kier alpha value is -1.46. The summed E-state index contributed by atoms with van der Waals surface area (Å²) < 4.78 is 4.93. The van der Waals surface area contributed by atoms with Gasteiger partial charge in [-0.2, -0.15) is 0 Å². The van der Waals surface area contributed by atoms with Crippen molar-refractivity contribution in [2.45, 2.75) is 38.0 Å². The first-order valence-corrected chi connectivity index (χ1v) is 6.30. The number of nitrogens with one attached hydrogen (secondary N) is 1. The number of carbonyl (C=O) groups is 1. The summed E-state index contributed by atoms with van der Waals surface area (Å²) in [6.07, 6.45) is 2.40. The molecule has 0 saturated carbocycles. The van der Waals surface area contributed by atoms with E-state index in [4.69, 9.17) is 4.74 Å². The van der Waals surface area contributed by atoms with Crippen molar-refractivity contribution >= 4 is 5.97 Å². The lowest BCUT2D eigenvalue weighted by Gasteiger charge is -2.26. The van der Waals surface area contributed by atoms with Crippen LogP contribution in [0.5, 0.6) is 0 Å². The summed E-state index contributed by atoms with van der Waals surface area (Å²) in [5.41, 5.74) is 2.31. The minimum absolute atomic E-state index is 0.222. The number of rotatable bonds is 2. The maximum atomic E-state index is 11.3. The predicted octanol–water partition coefficient (Wildman–Crippen LogP) is 0.407. The molecule has 2 atom stereocenters. The van der Waals surface area contributed by atoms with Gasteiger partial charge >= 0.3 is 5.97 Å². The number of β-amino-alcohol motifs (C(OH)–C–C–N with tert-alkyl or cyclic N) is 1. The monoisotopic (exact) mass is 248 g/mol. The second kappa shape index (κ2) is 4.66. The lowest BCUT2D eigenvalue weighted by Crippen LogP contribution is -2.42. The number of ether oxygens (including phenoxy) is 1. The molecule has 2 N–H and O–H groups in total. The predicted molar refractivity (Wildman–Crippen MR) is 64.1 cm³/mol. The highest BCUT2D eigenvalue weighted by molar-refractivity contribution is 5.92. The highest BCUT2D eigenvalue weighted by atomic mass is 16.5. The third-order valence-corrected chi connectivity index (χ3v) is 3.54. The van der Waals surface area contributed by atoms with E-state index in [-0.39, 0.29) is 12.1 Å². The van der Waals surface area contributed by atoms with E-state index in [0.29, 0.717) is 24.8 Å². The van der Waals surface area contributed by atoms with Gasteiger partial charge in [0.05, 0.1) is 17.4 Å². The van der Waals surface area contributed by atoms with Gasteiger partial charge in [0, 0.05) is 24.7 Å². The molecule has 2 aliphatic rings. The first-order chi connectivity index (χ1) is 8.72. The molecule has 2 unspecified atom stereocenters. The fraction of sp³-hybridized carbons (Fsp3) is 0.538. The average Bonchev–Trinajstić information content (AvgIpc) is 2.74. The molecule has 2 aliphatic heterocycles. The number of fused-ring (bicyclic) bond motifs is 1. The van der Waals surface area contributed by atoms with Crippen LogP contribution in [0.2, 0.25) is 0 Å². The molecule has 0 aromatic carbocycles. The third kappa shape index (κ3) is 2.23. The third-order valence-electron chi connectivity index (χ3n) is 3.54. The number of hydrogen-bond acceptors (Lipinski definition) is 5. The van der Waals surface area contributed by atoms with Crippen LogP contribution in [-0.2, 0) is 17.8 Å². The molecule has 0 amide bonds. The number of pyridine rings is 1. The van der Waals surface area contributed by atoms with Gasteiger partial charge in [0.15, 0.2) is 0 Å². The van der Waals surface area contributed by atoms with E-state index in [1.54, 1.807) is 6.07 Å². The minimum Gasteiger partial charge on any atom is -0.456 e. The fourth-order valence-corrected chi connectivity index (χ4v) is 2.49. The Morgan fingerprint density at radius 3 is 3.11 bits per heavy atom. The molecule has 0 spiro atoms. The van der Waals surface area contributed by atoms with E-state index in [1.165, 1.54) is 0 Å². The summed E-state index contributed by atoms with van der Waals surface area (Å²) in [5, 5.41) is 12.7. The van der Waals surface area contributed by atoms with Crippen molar-refractivity contribution in [3.8, 4) is 0 Å². The lowest BCUT2D eigenvalue weighted by molar-refractivity contribution is 0.0533. The molecule has 3 rings (SSSR count). The zero-order valence-electron chi connectivity index (χ0n) is 10.1. The van der Waals surface area contributed by atoms with Crippen LogP contribution in [-0.4, -0.2) is 34.8 Å². The van der Waals surface area contributed by atoms with Crippen LogP contribution in [0.3, 0.4) is 0 Å². The summed E-state index contributed by atoms with van der Waals surface area (Å²) >= 11 is 0. The van der Waals surface area contributed by atoms with Gasteiger partial charge in [-0.1, -0.05) is 0 Å². The van der Waals surface area contributed by atoms with Crippen LogP contribution >= 0.6 is 0 Å². The van der Waals surface area contributed by atoms with Gasteiger partial charge in [-0.3, -0.25) is 4.98 Å². The Labute approximate surface area is 105 Å². The molecule has 1 fully saturated rings. The number of aliphatic hydroxyl groups excluding tert-OH is 1. The fourth-order valence-electron chi connectivity index (χ4n) is 2.49. The van der Waals surface area contributed by atoms with E-state index in [0.717, 1.165) is 30.7 Å². The van der Waals surface area contributed by atoms with Crippen molar-refractivity contribution < 1.29 is 14.6 Å². The quantitative estimate of drug-likeness (QED) is 0.742. The summed E-state index contributed by atoms with van der Waals surface area (Å²) in [6, 6.07) is 4.04. The summed E-state index contributed by atoms with van der Waals surface area (Å²) in [7, 11) is 0. The maximum Gasteiger partial charge on any atom is 0.340 e. The van der Waals surface area contributed by atoms with Crippen LogP contribution in [0.4, 0.5) is 0 Å². The smallest absolute Gasteiger partial charge is 0.340 e. The van der Waals surface area contributed by atoms with Crippen molar-refractivity contribution in [3.05, 3.63) is 29.1 Å². The molecular formula is C13H16N2O3. The van der Waals surface area contributed by atoms with Gasteiger partial charge in [-0.05, 0) is 25.0 Å². The molecule has 0 bridgehead atoms. The maximum absolute atomic E-state index is 11.3. The number of carbonyl (C=O) groups excluding carboxylic acids is 1. The number of hydrogen-bond donors (Lipinski definition) is 2. The lowest BCUT2D eigenvalue weighted by atomic mass is 9.98. The van der Waals surface area contributed by atoms with Crippen molar-refractivity contribution in [3.63, 3.8) is 0 Å². The first-order valence-electron chi connectivity index (χ1n) is 6.30. The van der Waals surface area contributed by atoms with Gasteiger partial charge in [-0.15, -0.1) is 0 Å². The molecule has 18 heavy (non-hydrogen) atoms. The highest BCUT2D eigenvalue weighted by Gasteiger charge is 2.24. The van der Waals surface area contributed by atoms with Crippen LogP contribution in [0.15, 0.2) is 12.1 Å². The topological polar surface area (TPSA) is 71.5 Å². The Balaban J connectivity index is 1.69. The molecule has 96 valence electrons. The Bertz CT molecular complexity index is 467. The van der Waals surface area contributed by atoms with Gasteiger partial charge < -0.3 is 15.2 Å². The summed E-state index contributed by atoms with van der Waals surface area (Å²) in [5.74, 6) is -0.275. The SMILES string of the molecule is O=C1OCc2nc(CC3CCC(O)CN3)ccc21. The van der Waals surface area contributed by atoms with Gasteiger partial charge in [0.25, 0.3) is 0 Å². The molecule has 5 heteroatoms. The van der Waals surface area contributed by atoms with Crippen molar-refractivity contribution in [1.82, 2.24) is 10.3 Å². The number of esters is 1. The Morgan fingerprint density at radius 2 is 2.33 bits per heavy atom. The molecule has 0 aliphatic carbocycles. The van der Waals surface area contributed by atoms with Crippen LogP contribution in [0.25, 0.3) is 0 Å². The van der Waals surface area contributed by atoms with E-state index >= 15 is 0 Å². The van der Waals surface area contributed by atoms with Gasteiger partial charge in [-0.25, -0.2) is 4.79 Å². The number of piperidine rings is 1. The standard InChI is InChI=1S/C13H16N2O3/c16-10-3-1-8(14-6-10)5-9-2-4-11-12(15-9)7-18-13(11)17/h2,4,8,10,14,16H,1,3,5-7H2. The van der Waals surface area contributed by atoms with Crippen LogP contribution < -0.4 is 5.32 Å². The minimum atomic E-state index is -0.275. The van der Waals surface area contributed by atoms with Gasteiger partial charge in [0.1, 0.15) is 6.61 Å². The van der Waals surface area contributed by atoms with E-state index < -0.39 is 0 Å². The Morgan fingerprint density at radius 1 is 1.44 bits per heavy atom. The largest absolute Gasteiger partial charge is 0.456 e. The zero-order valence-corrected chi connectivity index (χ0v) is 10.1. The normalized spacial score (nSPS) is 26.8. The summed E-state index contributed by atoms with van der Waals surface area (Å²) in [6.45, 7) is 0.940. The number of cyclic esters (lactones) is 1. The molecule has 0 radical (unpaired) electrons. The number of aromatic nitrogens is 1. The molecule has 1 aromatic heterocycles. The first kappa shape index (κ1) is 11.6. The second-order valence-electron chi connectivity index (χ2n) is 4.91. The second-order valence-corrected chi connectivity index (χ2v) is 4.91. The van der Waals surface area contributed by atoms with E-state index in [9.17, 15) is 9.90 Å². The highest BCUT2D eigenvalue weighted by Crippen LogP contribution is 2.19. The van der Waals surface area contributed by atoms with Crippen LogP contribution in [0, 0.1) is 0 Å². The Kier molecular flexibility index (Phi) is 3.01. The molecule has 1 aromatic rings. The number of nitrogens with zero attached hydrogens (tertiary/aromatic N) is 1. The van der Waals surface area contributed by atoms with Crippen molar-refractivity contribution in [2.75, 3.05) is 6.54 Å². The average molecular weight is 248 g/mol. The van der Waals surface area contributed by atoms with E-state index in [2.05, 4.69) is 10.3 Å².